The summed E-state index contributed by atoms with van der Waals surface area (Å²) in [7, 11) is -6.00. The van der Waals surface area contributed by atoms with Crippen LogP contribution in [0.4, 0.5) is 19.2 Å². The molecule has 0 aliphatic heterocycles. The van der Waals surface area contributed by atoms with Crippen LogP contribution in [0.1, 0.15) is 0 Å². The van der Waals surface area contributed by atoms with Crippen LogP contribution in [0, 0.1) is 0 Å². The van der Waals surface area contributed by atoms with E-state index in [1.165, 1.54) is 0 Å². The van der Waals surface area contributed by atoms with Gasteiger partial charge in [-0.15, -0.1) is 0 Å². The van der Waals surface area contributed by atoms with E-state index in [0.717, 1.165) is 0 Å². The van der Waals surface area contributed by atoms with Crippen molar-refractivity contribution in [2.45, 2.75) is 0 Å². The molecule has 9 nitrogen and oxygen atoms in total. The third kappa shape index (κ3) is 0.907. The second-order valence-electron chi connectivity index (χ2n) is 2.22. The van der Waals surface area contributed by atoms with Crippen molar-refractivity contribution in [1.82, 2.24) is 0 Å². The first-order chi connectivity index (χ1) is 6.10. The zero-order valence-electron chi connectivity index (χ0n) is 6.76. The molecule has 4 amide bonds. The Labute approximate surface area is 77.2 Å². The van der Waals surface area contributed by atoms with Gasteiger partial charge in [-0.25, -0.2) is 4.21 Å². The van der Waals surface area contributed by atoms with Crippen molar-refractivity contribution in [3.05, 3.63) is 0 Å². The van der Waals surface area contributed by atoms with Crippen LogP contribution >= 0.6 is 0 Å². The molecule has 0 radical (unpaired) electrons. The summed E-state index contributed by atoms with van der Waals surface area (Å²) in [6.45, 7) is 0. The van der Waals surface area contributed by atoms with Crippen molar-refractivity contribution in [1.29, 1.82) is 0 Å². The molecule has 14 heavy (non-hydrogen) atoms. The average Bonchev–Trinajstić information content (AvgIpc) is 2.00. The molecule has 0 aromatic carbocycles. The van der Waals surface area contributed by atoms with Gasteiger partial charge in [-0.05, 0) is 0 Å². The largest absolute Gasteiger partial charge is 0.359 e. The van der Waals surface area contributed by atoms with E-state index in [2.05, 4.69) is 22.9 Å². The van der Waals surface area contributed by atoms with Gasteiger partial charge in [-0.3, -0.25) is 19.2 Å². The standard InChI is InChI=1S/C4H8N4O5S/c5-1(9)14(13,2(6)10,3(7)11)4(8)12/h(H2,5,9)(H2,6,10)(H2,7,11)(H2,8,12). The van der Waals surface area contributed by atoms with Crippen molar-refractivity contribution in [2.24, 2.45) is 22.9 Å². The molecule has 80 valence electrons. The Balaban J connectivity index is 6.36. The minimum Gasteiger partial charge on any atom is -0.359 e. The highest BCUT2D eigenvalue weighted by Gasteiger charge is 2.61. The van der Waals surface area contributed by atoms with Gasteiger partial charge in [0.1, 0.15) is 0 Å². The second kappa shape index (κ2) is 2.77. The van der Waals surface area contributed by atoms with Crippen LogP contribution in [0.2, 0.25) is 0 Å². The molecule has 0 fully saturated rings. The fourth-order valence-electron chi connectivity index (χ4n) is 0.595. The van der Waals surface area contributed by atoms with E-state index in [1.54, 1.807) is 0 Å². The van der Waals surface area contributed by atoms with Crippen LogP contribution < -0.4 is 22.9 Å². The first kappa shape index (κ1) is 12.0. The number of amides is 4. The lowest BCUT2D eigenvalue weighted by Gasteiger charge is -2.27. The van der Waals surface area contributed by atoms with Crippen molar-refractivity contribution in [3.8, 4) is 0 Å². The Morgan fingerprint density at radius 3 is 0.786 bits per heavy atom. The van der Waals surface area contributed by atoms with E-state index in [9.17, 15) is 23.4 Å². The van der Waals surface area contributed by atoms with Gasteiger partial charge < -0.3 is 22.9 Å². The number of nitrogens with two attached hydrogens (primary N) is 4. The summed E-state index contributed by atoms with van der Waals surface area (Å²) in [5, 5.41) is -8.19. The molecular weight excluding hydrogens is 216 g/mol. The van der Waals surface area contributed by atoms with Crippen LogP contribution in [0.15, 0.2) is 0 Å². The molecule has 10 heteroatoms. The number of rotatable bonds is 0. The SMILES string of the molecule is NC(=O)S(=O)(C(N)=O)(C(N)=O)C(N)=O. The van der Waals surface area contributed by atoms with Crippen LogP contribution in [-0.4, -0.2) is 25.2 Å². The molecule has 0 heterocycles. The highest BCUT2D eigenvalue weighted by atomic mass is 32.3. The van der Waals surface area contributed by atoms with Gasteiger partial charge in [0.05, 0.1) is 0 Å². The Hall–Kier alpha value is -1.97. The van der Waals surface area contributed by atoms with E-state index in [4.69, 9.17) is 0 Å². The molecule has 0 saturated heterocycles. The van der Waals surface area contributed by atoms with Gasteiger partial charge in [0.2, 0.25) is 0 Å². The van der Waals surface area contributed by atoms with E-state index in [0.29, 0.717) is 0 Å². The van der Waals surface area contributed by atoms with Gasteiger partial charge >= 0.3 is 21.0 Å². The number of carbonyl (C=O) groups is 4. The van der Waals surface area contributed by atoms with Crippen molar-refractivity contribution < 1.29 is 23.4 Å². The summed E-state index contributed by atoms with van der Waals surface area (Å²) in [4.78, 5) is 42.9. The van der Waals surface area contributed by atoms with Gasteiger partial charge in [-0.2, -0.15) is 0 Å². The van der Waals surface area contributed by atoms with Crippen molar-refractivity contribution >= 4 is 30.0 Å². The van der Waals surface area contributed by atoms with Crippen LogP contribution in [0.25, 0.3) is 0 Å². The second-order valence-corrected chi connectivity index (χ2v) is 5.72. The van der Waals surface area contributed by atoms with Crippen LogP contribution in [0.3, 0.4) is 0 Å². The minimum atomic E-state index is -6.00. The summed E-state index contributed by atoms with van der Waals surface area (Å²) >= 11 is 0. The monoisotopic (exact) mass is 224 g/mol. The topological polar surface area (TPSA) is 189 Å². The van der Waals surface area contributed by atoms with Gasteiger partial charge in [-0.1, -0.05) is 0 Å². The molecule has 0 rings (SSSR count). The average molecular weight is 224 g/mol. The molecule has 0 saturated carbocycles. The molecular formula is C4H8N4O5S. The maximum Gasteiger partial charge on any atom is 0.310 e. The maximum atomic E-state index is 11.7. The Morgan fingerprint density at radius 2 is 0.786 bits per heavy atom. The van der Waals surface area contributed by atoms with Gasteiger partial charge in [0, 0.05) is 0 Å². The number of hydrogen-bond donors (Lipinski definition) is 4. The quantitative estimate of drug-likeness (QED) is 0.373. The molecule has 0 unspecified atom stereocenters. The third-order valence-electron chi connectivity index (χ3n) is 1.54. The molecule has 0 bridgehead atoms. The van der Waals surface area contributed by atoms with Crippen molar-refractivity contribution in [3.63, 3.8) is 0 Å². The fraction of sp³-hybridized carbons (Fsp3) is 0. The first-order valence-corrected chi connectivity index (χ1v) is 4.92. The number of primary amides is 4. The van der Waals surface area contributed by atoms with Crippen LogP contribution in [-0.2, 0) is 9.07 Å². The van der Waals surface area contributed by atoms with Gasteiger partial charge in [0.15, 0.2) is 9.07 Å². The zero-order valence-corrected chi connectivity index (χ0v) is 7.58. The van der Waals surface area contributed by atoms with E-state index < -0.39 is 30.0 Å². The Morgan fingerprint density at radius 1 is 0.643 bits per heavy atom. The Bertz CT molecular complexity index is 334. The van der Waals surface area contributed by atoms with Gasteiger partial charge in [0.25, 0.3) is 0 Å². The zero-order chi connectivity index (χ0) is 11.8. The molecule has 0 atom stereocenters. The third-order valence-corrected chi connectivity index (χ3v) is 4.61. The highest BCUT2D eigenvalue weighted by Crippen LogP contribution is 2.26. The highest BCUT2D eigenvalue weighted by molar-refractivity contribution is 8.61. The molecule has 0 aromatic rings. The summed E-state index contributed by atoms with van der Waals surface area (Å²) in [6.07, 6.45) is 0. The smallest absolute Gasteiger partial charge is 0.310 e. The summed E-state index contributed by atoms with van der Waals surface area (Å²) in [6, 6.07) is 0. The molecule has 0 aliphatic rings. The van der Waals surface area contributed by atoms with Crippen molar-refractivity contribution in [2.75, 3.05) is 0 Å². The maximum absolute atomic E-state index is 11.7. The number of hydrogen-bond acceptors (Lipinski definition) is 5. The van der Waals surface area contributed by atoms with E-state index >= 15 is 0 Å². The lowest BCUT2D eigenvalue weighted by Crippen LogP contribution is -2.67. The fourth-order valence-corrected chi connectivity index (χ4v) is 1.78. The lowest BCUT2D eigenvalue weighted by atomic mass is 11.3. The minimum absolute atomic E-state index is 2.05. The lowest BCUT2D eigenvalue weighted by molar-refractivity contribution is 0.253. The van der Waals surface area contributed by atoms with E-state index in [-0.39, 0.29) is 0 Å². The van der Waals surface area contributed by atoms with E-state index in [1.807, 2.05) is 0 Å². The summed E-state index contributed by atoms with van der Waals surface area (Å²) in [5.74, 6) is 0. The number of carbonyl (C=O) groups excluding carboxylic acids is 4. The molecule has 0 aliphatic carbocycles. The Kier molecular flexibility index (Phi) is 2.38. The predicted molar refractivity (Wildman–Crippen MR) is 46.5 cm³/mol. The summed E-state index contributed by atoms with van der Waals surface area (Å²) in [5.41, 5.74) is 18.0. The predicted octanol–water partition coefficient (Wildman–Crippen LogP) is -1.88. The molecule has 0 aromatic heterocycles. The first-order valence-electron chi connectivity index (χ1n) is 2.95. The molecule has 0 spiro atoms. The molecule has 8 N–H and O–H groups in total. The normalized spacial score (nSPS) is 13.6. The summed E-state index contributed by atoms with van der Waals surface area (Å²) < 4.78 is 11.7. The van der Waals surface area contributed by atoms with Crippen LogP contribution in [0.5, 0.6) is 0 Å².